The zero-order chi connectivity index (χ0) is 16.7. The van der Waals surface area contributed by atoms with Crippen LogP contribution in [-0.2, 0) is 4.84 Å². The third-order valence-corrected chi connectivity index (χ3v) is 2.82. The van der Waals surface area contributed by atoms with Gasteiger partial charge in [0.2, 0.25) is 0 Å². The Morgan fingerprint density at radius 3 is 2.65 bits per heavy atom. The van der Waals surface area contributed by atoms with Crippen LogP contribution in [0.1, 0.15) is 22.8 Å². The predicted molar refractivity (Wildman–Crippen MR) is 83.7 cm³/mol. The Morgan fingerprint density at radius 2 is 2.00 bits per heavy atom. The number of rotatable bonds is 6. The molecule has 0 saturated carbocycles. The minimum atomic E-state index is -0.768. The molecule has 2 aromatic rings. The van der Waals surface area contributed by atoms with Crippen LogP contribution in [0.25, 0.3) is 0 Å². The molecular formula is C16H14N2O5. The molecule has 0 atom stereocenters. The van der Waals surface area contributed by atoms with Crippen molar-refractivity contribution in [1.29, 1.82) is 0 Å². The van der Waals surface area contributed by atoms with Gasteiger partial charge in [-0.15, -0.1) is 0 Å². The van der Waals surface area contributed by atoms with Gasteiger partial charge in [0, 0.05) is 12.1 Å². The normalized spacial score (nSPS) is 10.5. The third kappa shape index (κ3) is 4.63. The van der Waals surface area contributed by atoms with E-state index >= 15 is 0 Å². The first kappa shape index (κ1) is 16.2. The molecule has 118 valence electrons. The Labute approximate surface area is 132 Å². The molecule has 0 aliphatic heterocycles. The van der Waals surface area contributed by atoms with Crippen molar-refractivity contribution in [1.82, 2.24) is 0 Å². The van der Waals surface area contributed by atoms with E-state index in [0.717, 1.165) is 17.4 Å². The number of benzene rings is 2. The standard InChI is InChI=1S/C16H14N2O5/c1-2-22-15-8-6-12(7-9-15)11-17-23-16(19)13-4-3-5-14(10-13)18(20)21/h3-11H,2H2,1H3/b17-11+. The smallest absolute Gasteiger partial charge is 0.365 e. The fourth-order valence-electron chi connectivity index (χ4n) is 1.75. The molecule has 0 unspecified atom stereocenters. The van der Waals surface area contributed by atoms with Crippen molar-refractivity contribution in [3.63, 3.8) is 0 Å². The fraction of sp³-hybridized carbons (Fsp3) is 0.125. The predicted octanol–water partition coefficient (Wildman–Crippen LogP) is 3.18. The molecule has 0 saturated heterocycles. The lowest BCUT2D eigenvalue weighted by Crippen LogP contribution is -2.02. The van der Waals surface area contributed by atoms with Crippen molar-refractivity contribution >= 4 is 17.9 Å². The molecule has 0 radical (unpaired) electrons. The quantitative estimate of drug-likeness (QED) is 0.353. The first-order valence-electron chi connectivity index (χ1n) is 6.82. The highest BCUT2D eigenvalue weighted by atomic mass is 16.7. The summed E-state index contributed by atoms with van der Waals surface area (Å²) >= 11 is 0. The minimum absolute atomic E-state index is 0.0584. The summed E-state index contributed by atoms with van der Waals surface area (Å²) in [5.41, 5.74) is 0.596. The molecule has 23 heavy (non-hydrogen) atoms. The lowest BCUT2D eigenvalue weighted by Gasteiger charge is -2.02. The molecule has 2 rings (SSSR count). The molecule has 7 heteroatoms. The number of carbonyl (C=O) groups is 1. The molecule has 0 heterocycles. The monoisotopic (exact) mass is 314 g/mol. The second-order valence-corrected chi connectivity index (χ2v) is 4.42. The van der Waals surface area contributed by atoms with Crippen molar-refractivity contribution in [3.05, 3.63) is 69.8 Å². The number of carbonyl (C=O) groups excluding carboxylic acids is 1. The maximum absolute atomic E-state index is 11.8. The Bertz CT molecular complexity index is 726. The van der Waals surface area contributed by atoms with Crippen LogP contribution in [-0.4, -0.2) is 23.7 Å². The maximum atomic E-state index is 11.8. The van der Waals surface area contributed by atoms with Crippen LogP contribution < -0.4 is 4.74 Å². The number of hydrogen-bond acceptors (Lipinski definition) is 6. The van der Waals surface area contributed by atoms with Crippen LogP contribution in [0.5, 0.6) is 5.75 Å². The maximum Gasteiger partial charge on any atom is 0.365 e. The molecule has 0 fully saturated rings. The average Bonchev–Trinajstić information content (AvgIpc) is 2.56. The number of nitrogens with zero attached hydrogens (tertiary/aromatic N) is 2. The van der Waals surface area contributed by atoms with Crippen LogP contribution in [0, 0.1) is 10.1 Å². The Kier molecular flexibility index (Phi) is 5.40. The van der Waals surface area contributed by atoms with E-state index in [1.54, 1.807) is 24.3 Å². The number of nitro benzene ring substituents is 1. The summed E-state index contributed by atoms with van der Waals surface area (Å²) in [7, 11) is 0. The van der Waals surface area contributed by atoms with Gasteiger partial charge in [0.25, 0.3) is 5.69 Å². The summed E-state index contributed by atoms with van der Waals surface area (Å²) < 4.78 is 5.31. The molecule has 7 nitrogen and oxygen atoms in total. The Morgan fingerprint density at radius 1 is 1.26 bits per heavy atom. The fourth-order valence-corrected chi connectivity index (χ4v) is 1.75. The number of hydrogen-bond donors (Lipinski definition) is 0. The van der Waals surface area contributed by atoms with Crippen LogP contribution >= 0.6 is 0 Å². The van der Waals surface area contributed by atoms with Crippen LogP contribution in [0.3, 0.4) is 0 Å². The summed E-state index contributed by atoms with van der Waals surface area (Å²) in [5.74, 6) is -0.0332. The Hall–Kier alpha value is -3.22. The van der Waals surface area contributed by atoms with E-state index in [2.05, 4.69) is 5.16 Å². The van der Waals surface area contributed by atoms with Gasteiger partial charge in [-0.1, -0.05) is 11.2 Å². The van der Waals surface area contributed by atoms with Crippen molar-refractivity contribution in [2.45, 2.75) is 6.92 Å². The summed E-state index contributed by atoms with van der Waals surface area (Å²) in [6.45, 7) is 2.47. The van der Waals surface area contributed by atoms with Crippen molar-refractivity contribution in [2.24, 2.45) is 5.16 Å². The van der Waals surface area contributed by atoms with Gasteiger partial charge in [0.1, 0.15) is 5.75 Å². The Balaban J connectivity index is 1.98. The summed E-state index contributed by atoms with van der Waals surface area (Å²) in [4.78, 5) is 26.6. The summed E-state index contributed by atoms with van der Waals surface area (Å²) in [6.07, 6.45) is 1.37. The van der Waals surface area contributed by atoms with Gasteiger partial charge >= 0.3 is 5.97 Å². The van der Waals surface area contributed by atoms with Gasteiger partial charge in [-0.3, -0.25) is 10.1 Å². The topological polar surface area (TPSA) is 91.0 Å². The molecule has 0 aliphatic rings. The van der Waals surface area contributed by atoms with Gasteiger partial charge in [-0.2, -0.15) is 0 Å². The van der Waals surface area contributed by atoms with Crippen LogP contribution in [0.15, 0.2) is 53.7 Å². The van der Waals surface area contributed by atoms with E-state index in [0.29, 0.717) is 6.61 Å². The molecular weight excluding hydrogens is 300 g/mol. The van der Waals surface area contributed by atoms with Gasteiger partial charge in [-0.05, 0) is 42.8 Å². The van der Waals surface area contributed by atoms with Crippen molar-refractivity contribution < 1.29 is 19.3 Å². The van der Waals surface area contributed by atoms with E-state index in [9.17, 15) is 14.9 Å². The molecule has 0 aliphatic carbocycles. The van der Waals surface area contributed by atoms with Crippen LogP contribution in [0.2, 0.25) is 0 Å². The van der Waals surface area contributed by atoms with Crippen LogP contribution in [0.4, 0.5) is 5.69 Å². The minimum Gasteiger partial charge on any atom is -0.494 e. The van der Waals surface area contributed by atoms with E-state index in [4.69, 9.17) is 9.57 Å². The average molecular weight is 314 g/mol. The lowest BCUT2D eigenvalue weighted by atomic mass is 10.2. The number of nitro groups is 1. The van der Waals surface area contributed by atoms with Gasteiger partial charge in [-0.25, -0.2) is 4.79 Å². The molecule has 0 aromatic heterocycles. The number of non-ortho nitro benzene ring substituents is 1. The largest absolute Gasteiger partial charge is 0.494 e. The zero-order valence-electron chi connectivity index (χ0n) is 12.3. The number of oxime groups is 1. The molecule has 0 amide bonds. The highest BCUT2D eigenvalue weighted by Gasteiger charge is 2.12. The second kappa shape index (κ2) is 7.69. The molecule has 0 spiro atoms. The third-order valence-electron chi connectivity index (χ3n) is 2.82. The van der Waals surface area contributed by atoms with Gasteiger partial charge in [0.15, 0.2) is 0 Å². The highest BCUT2D eigenvalue weighted by Crippen LogP contribution is 2.14. The molecule has 2 aromatic carbocycles. The molecule has 0 N–H and O–H groups in total. The number of ether oxygens (including phenoxy) is 1. The van der Waals surface area contributed by atoms with Gasteiger partial charge < -0.3 is 9.57 Å². The van der Waals surface area contributed by atoms with E-state index in [-0.39, 0.29) is 11.3 Å². The first-order valence-corrected chi connectivity index (χ1v) is 6.82. The van der Waals surface area contributed by atoms with E-state index in [1.165, 1.54) is 24.4 Å². The second-order valence-electron chi connectivity index (χ2n) is 4.42. The summed E-state index contributed by atoms with van der Waals surface area (Å²) in [6, 6.07) is 12.3. The van der Waals surface area contributed by atoms with Crippen molar-refractivity contribution in [2.75, 3.05) is 6.61 Å². The van der Waals surface area contributed by atoms with E-state index in [1.807, 2.05) is 6.92 Å². The SMILES string of the molecule is CCOc1ccc(/C=N/OC(=O)c2cccc([N+](=O)[O-])c2)cc1. The van der Waals surface area contributed by atoms with Crippen molar-refractivity contribution in [3.8, 4) is 5.75 Å². The molecule has 0 bridgehead atoms. The lowest BCUT2D eigenvalue weighted by molar-refractivity contribution is -0.384. The zero-order valence-corrected chi connectivity index (χ0v) is 12.3. The first-order chi connectivity index (χ1) is 11.1. The van der Waals surface area contributed by atoms with Gasteiger partial charge in [0.05, 0.1) is 23.3 Å². The summed E-state index contributed by atoms with van der Waals surface area (Å²) in [5, 5.41) is 14.2. The van der Waals surface area contributed by atoms with E-state index < -0.39 is 10.9 Å². The highest BCUT2D eigenvalue weighted by molar-refractivity contribution is 5.90.